The predicted octanol–water partition coefficient (Wildman–Crippen LogP) is 4.18. The molecule has 0 atom stereocenters. The minimum atomic E-state index is 0.183. The van der Waals surface area contributed by atoms with E-state index in [0.29, 0.717) is 11.7 Å². The number of ether oxygens (including phenoxy) is 1. The summed E-state index contributed by atoms with van der Waals surface area (Å²) in [5, 5.41) is 1.24. The van der Waals surface area contributed by atoms with Crippen molar-refractivity contribution in [3.8, 4) is 5.75 Å². The molecule has 0 unspecified atom stereocenters. The van der Waals surface area contributed by atoms with E-state index in [2.05, 4.69) is 23.3 Å². The number of H-pyrrole nitrogens is 1. The summed E-state index contributed by atoms with van der Waals surface area (Å²) in [5.74, 6) is 1.82. The van der Waals surface area contributed by atoms with Gasteiger partial charge < -0.3 is 9.72 Å². The number of hydrogen-bond acceptors (Lipinski definition) is 2. The minimum absolute atomic E-state index is 0.183. The van der Waals surface area contributed by atoms with Crippen LogP contribution < -0.4 is 4.74 Å². The van der Waals surface area contributed by atoms with Crippen molar-refractivity contribution in [1.82, 2.24) is 4.98 Å². The summed E-state index contributed by atoms with van der Waals surface area (Å²) in [6.45, 7) is 4.07. The van der Waals surface area contributed by atoms with Gasteiger partial charge in [-0.05, 0) is 56.4 Å². The van der Waals surface area contributed by atoms with E-state index in [1.807, 2.05) is 19.9 Å². The largest absolute Gasteiger partial charge is 0.491 e. The molecule has 0 bridgehead atoms. The average Bonchev–Trinajstić information content (AvgIpc) is 2.82. The maximum Gasteiger partial charge on any atom is 0.132 e. The third-order valence-corrected chi connectivity index (χ3v) is 4.04. The van der Waals surface area contributed by atoms with Crippen molar-refractivity contribution in [2.45, 2.75) is 51.6 Å². The highest BCUT2D eigenvalue weighted by Gasteiger charge is 2.22. The summed E-state index contributed by atoms with van der Waals surface area (Å²) in [6, 6.07) is 6.20. The van der Waals surface area contributed by atoms with E-state index >= 15 is 0 Å². The first-order valence-electron chi connectivity index (χ1n) is 7.43. The third-order valence-electron chi connectivity index (χ3n) is 4.04. The number of hydrogen-bond donors (Lipinski definition) is 1. The van der Waals surface area contributed by atoms with Gasteiger partial charge in [0.15, 0.2) is 0 Å². The summed E-state index contributed by atoms with van der Waals surface area (Å²) in [4.78, 5) is 14.7. The van der Waals surface area contributed by atoms with Crippen LogP contribution in [0.15, 0.2) is 24.4 Å². The number of nitrogens with one attached hydrogen (secondary N) is 1. The highest BCUT2D eigenvalue weighted by molar-refractivity contribution is 5.86. The zero-order valence-electron chi connectivity index (χ0n) is 12.1. The smallest absolute Gasteiger partial charge is 0.132 e. The van der Waals surface area contributed by atoms with Gasteiger partial charge in [-0.2, -0.15) is 0 Å². The van der Waals surface area contributed by atoms with Crippen LogP contribution in [-0.4, -0.2) is 16.9 Å². The van der Waals surface area contributed by atoms with Crippen molar-refractivity contribution < 1.29 is 9.53 Å². The lowest BCUT2D eigenvalue weighted by Gasteiger charge is -2.20. The fourth-order valence-electron chi connectivity index (χ4n) is 3.06. The van der Waals surface area contributed by atoms with Gasteiger partial charge in [0, 0.05) is 29.9 Å². The average molecular weight is 271 g/mol. The summed E-state index contributed by atoms with van der Waals surface area (Å²) in [6.07, 6.45) is 5.67. The number of fused-ring (bicyclic) bond motifs is 1. The van der Waals surface area contributed by atoms with Crippen molar-refractivity contribution >= 4 is 16.7 Å². The highest BCUT2D eigenvalue weighted by atomic mass is 16.5. The Bertz CT molecular complexity index is 617. The van der Waals surface area contributed by atoms with Crippen LogP contribution in [0.1, 0.15) is 51.0 Å². The second kappa shape index (κ2) is 5.31. The first kappa shape index (κ1) is 13.2. The van der Waals surface area contributed by atoms with E-state index in [1.54, 1.807) is 0 Å². The molecule has 0 saturated heterocycles. The van der Waals surface area contributed by atoms with Gasteiger partial charge in [-0.1, -0.05) is 0 Å². The quantitative estimate of drug-likeness (QED) is 0.909. The van der Waals surface area contributed by atoms with Crippen LogP contribution in [0.2, 0.25) is 0 Å². The monoisotopic (exact) mass is 271 g/mol. The topological polar surface area (TPSA) is 42.1 Å². The number of carbonyl (C=O) groups excluding carboxylic acids is 1. The fraction of sp³-hybridized carbons (Fsp3) is 0.471. The molecule has 0 amide bonds. The second-order valence-electron chi connectivity index (χ2n) is 5.93. The molecule has 1 fully saturated rings. The molecular weight excluding hydrogens is 250 g/mol. The summed E-state index contributed by atoms with van der Waals surface area (Å²) < 4.78 is 5.78. The molecule has 3 heteroatoms. The summed E-state index contributed by atoms with van der Waals surface area (Å²) in [7, 11) is 0. The molecule has 1 saturated carbocycles. The van der Waals surface area contributed by atoms with Crippen molar-refractivity contribution in [3.05, 3.63) is 30.0 Å². The maximum absolute atomic E-state index is 11.4. The third kappa shape index (κ3) is 2.58. The zero-order chi connectivity index (χ0) is 14.1. The summed E-state index contributed by atoms with van der Waals surface area (Å²) >= 11 is 0. The highest BCUT2D eigenvalue weighted by Crippen LogP contribution is 2.36. The molecule has 1 heterocycles. The van der Waals surface area contributed by atoms with Gasteiger partial charge in [-0.15, -0.1) is 0 Å². The van der Waals surface area contributed by atoms with E-state index in [-0.39, 0.29) is 6.10 Å². The Morgan fingerprint density at radius 2 is 2.00 bits per heavy atom. The lowest BCUT2D eigenvalue weighted by Crippen LogP contribution is -2.12. The van der Waals surface area contributed by atoms with Crippen molar-refractivity contribution in [3.63, 3.8) is 0 Å². The Morgan fingerprint density at radius 1 is 1.25 bits per heavy atom. The van der Waals surface area contributed by atoms with E-state index in [1.165, 1.54) is 10.9 Å². The molecular formula is C17H21NO2. The zero-order valence-corrected chi connectivity index (χ0v) is 12.1. The van der Waals surface area contributed by atoms with Crippen molar-refractivity contribution in [1.29, 1.82) is 0 Å². The second-order valence-corrected chi connectivity index (χ2v) is 5.93. The first-order valence-corrected chi connectivity index (χ1v) is 7.43. The Labute approximate surface area is 119 Å². The van der Waals surface area contributed by atoms with Crippen LogP contribution >= 0.6 is 0 Å². The molecule has 1 aromatic carbocycles. The Morgan fingerprint density at radius 3 is 2.70 bits per heavy atom. The Balaban J connectivity index is 1.92. The number of aromatic nitrogens is 1. The normalized spacial score (nSPS) is 17.1. The molecule has 3 rings (SSSR count). The number of carbonyl (C=O) groups is 1. The van der Waals surface area contributed by atoms with Crippen LogP contribution in [0.25, 0.3) is 10.9 Å². The van der Waals surface area contributed by atoms with Gasteiger partial charge in [0.05, 0.1) is 6.10 Å². The Hall–Kier alpha value is -1.77. The van der Waals surface area contributed by atoms with Crippen LogP contribution in [0.3, 0.4) is 0 Å². The van der Waals surface area contributed by atoms with Gasteiger partial charge in [0.1, 0.15) is 11.5 Å². The van der Waals surface area contributed by atoms with Gasteiger partial charge in [0.2, 0.25) is 0 Å². The van der Waals surface area contributed by atoms with Gasteiger partial charge in [0.25, 0.3) is 0 Å². The molecule has 1 aliphatic carbocycles. The van der Waals surface area contributed by atoms with Crippen molar-refractivity contribution in [2.75, 3.05) is 0 Å². The van der Waals surface area contributed by atoms with Crippen LogP contribution in [0.5, 0.6) is 5.75 Å². The van der Waals surface area contributed by atoms with E-state index in [9.17, 15) is 4.79 Å². The van der Waals surface area contributed by atoms with E-state index in [4.69, 9.17) is 4.74 Å². The number of aromatic amines is 1. The molecule has 1 aliphatic rings. The number of rotatable bonds is 3. The minimum Gasteiger partial charge on any atom is -0.491 e. The van der Waals surface area contributed by atoms with Crippen LogP contribution in [-0.2, 0) is 4.79 Å². The van der Waals surface area contributed by atoms with Crippen LogP contribution in [0, 0.1) is 0 Å². The van der Waals surface area contributed by atoms with Gasteiger partial charge in [-0.25, -0.2) is 0 Å². The standard InChI is InChI=1S/C17H21NO2/c1-11(2)20-14-7-8-17-15(9-14)16(10-18-17)12-3-5-13(19)6-4-12/h7-12,18H,3-6H2,1-2H3. The van der Waals surface area contributed by atoms with Crippen LogP contribution in [0.4, 0.5) is 0 Å². The molecule has 1 aromatic heterocycles. The maximum atomic E-state index is 11.4. The molecule has 20 heavy (non-hydrogen) atoms. The molecule has 0 spiro atoms. The molecule has 2 aromatic rings. The van der Waals surface area contributed by atoms with Crippen molar-refractivity contribution in [2.24, 2.45) is 0 Å². The number of Topliss-reactive ketones (excluding diaryl/α,β-unsaturated/α-hetero) is 1. The molecule has 106 valence electrons. The summed E-state index contributed by atoms with van der Waals surface area (Å²) in [5.41, 5.74) is 2.48. The Kier molecular flexibility index (Phi) is 3.51. The van der Waals surface area contributed by atoms with E-state index in [0.717, 1.165) is 36.9 Å². The fourth-order valence-corrected chi connectivity index (χ4v) is 3.06. The SMILES string of the molecule is CC(C)Oc1ccc2[nH]cc(C3CCC(=O)CC3)c2c1. The van der Waals surface area contributed by atoms with Gasteiger partial charge in [-0.3, -0.25) is 4.79 Å². The molecule has 0 radical (unpaired) electrons. The molecule has 3 nitrogen and oxygen atoms in total. The molecule has 1 N–H and O–H groups in total. The molecule has 0 aliphatic heterocycles. The lowest BCUT2D eigenvalue weighted by molar-refractivity contribution is -0.120. The predicted molar refractivity (Wildman–Crippen MR) is 80.3 cm³/mol. The first-order chi connectivity index (χ1) is 9.63. The van der Waals surface area contributed by atoms with Gasteiger partial charge >= 0.3 is 0 Å². The van der Waals surface area contributed by atoms with E-state index < -0.39 is 0 Å². The number of benzene rings is 1. The lowest BCUT2D eigenvalue weighted by atomic mass is 9.83. The number of ketones is 1.